The fraction of sp³-hybridized carbons (Fsp3) is 0.629. The van der Waals surface area contributed by atoms with Crippen molar-refractivity contribution in [2.24, 2.45) is 28.6 Å². The van der Waals surface area contributed by atoms with Crippen molar-refractivity contribution in [2.45, 2.75) is 103 Å². The maximum absolute atomic E-state index is 14.8. The predicted octanol–water partition coefficient (Wildman–Crippen LogP) is 4.71. The number of carbonyl (C=O) groups excluding carboxylic acids is 3. The first-order valence-electron chi connectivity index (χ1n) is 15.8. The Morgan fingerprint density at radius 3 is 2.40 bits per heavy atom. The maximum Gasteiger partial charge on any atom is 0.338 e. The highest BCUT2D eigenvalue weighted by Gasteiger charge is 2.83. The van der Waals surface area contributed by atoms with Gasteiger partial charge in [0.15, 0.2) is 17.5 Å². The van der Waals surface area contributed by atoms with E-state index in [-0.39, 0.29) is 29.3 Å². The van der Waals surface area contributed by atoms with Crippen molar-refractivity contribution in [1.29, 1.82) is 0 Å². The van der Waals surface area contributed by atoms with Gasteiger partial charge in [-0.15, -0.1) is 0 Å². The lowest BCUT2D eigenvalue weighted by Crippen LogP contribution is -2.66. The first-order valence-corrected chi connectivity index (χ1v) is 15.8. The number of carbonyl (C=O) groups is 3. The summed E-state index contributed by atoms with van der Waals surface area (Å²) in [5, 5.41) is 34.9. The van der Waals surface area contributed by atoms with Gasteiger partial charge in [-0.05, 0) is 49.0 Å². The molecule has 5 rings (SSSR count). The molecule has 8 nitrogen and oxygen atoms in total. The third-order valence-electron chi connectivity index (χ3n) is 11.0. The molecule has 0 aromatic heterocycles. The summed E-state index contributed by atoms with van der Waals surface area (Å²) < 4.78 is 12.2. The number of allylic oxidation sites excluding steroid dienone is 1. The van der Waals surface area contributed by atoms with Crippen LogP contribution in [-0.2, 0) is 19.1 Å². The van der Waals surface area contributed by atoms with Crippen molar-refractivity contribution < 1.29 is 39.2 Å². The van der Waals surface area contributed by atoms with Gasteiger partial charge in [-0.2, -0.15) is 0 Å². The Morgan fingerprint density at radius 1 is 1.07 bits per heavy atom. The highest BCUT2D eigenvalue weighted by Crippen LogP contribution is 2.75. The van der Waals surface area contributed by atoms with Gasteiger partial charge < -0.3 is 24.8 Å². The van der Waals surface area contributed by atoms with E-state index in [1.807, 2.05) is 20.8 Å². The van der Waals surface area contributed by atoms with Gasteiger partial charge in [-0.25, -0.2) is 4.79 Å². The third-order valence-corrected chi connectivity index (χ3v) is 11.0. The molecule has 234 valence electrons. The zero-order chi connectivity index (χ0) is 31.4. The summed E-state index contributed by atoms with van der Waals surface area (Å²) in [5.41, 5.74) is -4.66. The van der Waals surface area contributed by atoms with Crippen LogP contribution >= 0.6 is 0 Å². The summed E-state index contributed by atoms with van der Waals surface area (Å²) in [5.74, 6) is -3.17. The van der Waals surface area contributed by atoms with Crippen LogP contribution in [0.25, 0.3) is 0 Å². The van der Waals surface area contributed by atoms with Crippen LogP contribution in [-0.4, -0.2) is 63.1 Å². The molecule has 0 unspecified atom stereocenters. The van der Waals surface area contributed by atoms with Gasteiger partial charge >= 0.3 is 11.9 Å². The molecule has 0 aliphatic heterocycles. The number of hydrogen-bond acceptors (Lipinski definition) is 8. The number of unbranched alkanes of at least 4 members (excludes halogenated alkanes) is 4. The highest BCUT2D eigenvalue weighted by molar-refractivity contribution is 5.96. The lowest BCUT2D eigenvalue weighted by atomic mass is 9.59. The number of aliphatic hydroxyl groups excluding tert-OH is 2. The summed E-state index contributed by atoms with van der Waals surface area (Å²) in [6.45, 7) is 9.03. The van der Waals surface area contributed by atoms with Crippen LogP contribution in [0.3, 0.4) is 0 Å². The van der Waals surface area contributed by atoms with Crippen LogP contribution in [0.2, 0.25) is 0 Å². The van der Waals surface area contributed by atoms with E-state index in [4.69, 9.17) is 9.47 Å². The molecule has 0 saturated heterocycles. The quantitative estimate of drug-likeness (QED) is 0.202. The van der Waals surface area contributed by atoms with Crippen LogP contribution in [0.4, 0.5) is 0 Å². The minimum Gasteiger partial charge on any atom is -0.458 e. The fourth-order valence-electron chi connectivity index (χ4n) is 8.77. The molecule has 2 saturated carbocycles. The van der Waals surface area contributed by atoms with Crippen LogP contribution in [0, 0.1) is 28.6 Å². The van der Waals surface area contributed by atoms with Gasteiger partial charge in [-0.1, -0.05) is 83.7 Å². The molecule has 2 fully saturated rings. The van der Waals surface area contributed by atoms with Crippen molar-refractivity contribution in [3.8, 4) is 0 Å². The zero-order valence-corrected chi connectivity index (χ0v) is 26.0. The standard InChI is InChI=1S/C35H46O8/c1-6-7-8-9-13-16-26(37)43-34-19-22(3)33-18-21(2)30(42-31(40)23-14-11-10-12-15-23)35(33,41)28(38)24(20-36)17-25(29(33)39)27(34)32(34,4)5/h10-12,14-15,17-18,22,25,27-28,30,36,38,41H,6-9,13,16,19-20H2,1-5H3/t22-,25+,27-,28-,30+,33+,34+,35+/m1/s1. The SMILES string of the molecule is CCCCCCCC(=O)O[C@@]12C[C@@H](C)[C@]34C=C(C)[C@H](OC(=O)c5ccccc5)[C@@]3(O)[C@H](O)C(CO)=C[C@H](C4=O)[C@@H]1C2(C)C. The smallest absolute Gasteiger partial charge is 0.338 e. The summed E-state index contributed by atoms with van der Waals surface area (Å²) >= 11 is 0. The Kier molecular flexibility index (Phi) is 8.29. The van der Waals surface area contributed by atoms with Gasteiger partial charge in [0.25, 0.3) is 0 Å². The number of esters is 2. The molecule has 8 heteroatoms. The van der Waals surface area contributed by atoms with Gasteiger partial charge in [0, 0.05) is 23.7 Å². The Balaban J connectivity index is 1.54. The number of ketones is 1. The second kappa shape index (κ2) is 11.3. The number of Topliss-reactive ketones (excluding diaryl/α,β-unsaturated/α-hetero) is 1. The molecule has 4 aliphatic carbocycles. The second-order valence-corrected chi connectivity index (χ2v) is 13.8. The van der Waals surface area contributed by atoms with E-state index < -0.39 is 64.6 Å². The van der Waals surface area contributed by atoms with Gasteiger partial charge in [0.05, 0.1) is 17.6 Å². The fourth-order valence-corrected chi connectivity index (χ4v) is 8.77. The van der Waals surface area contributed by atoms with Crippen LogP contribution in [0.15, 0.2) is 53.6 Å². The number of rotatable bonds is 10. The normalized spacial score (nSPS) is 37.2. The minimum atomic E-state index is -2.28. The molecule has 0 radical (unpaired) electrons. The van der Waals surface area contributed by atoms with Crippen molar-refractivity contribution in [2.75, 3.05) is 6.61 Å². The molecule has 1 aromatic rings. The number of aliphatic hydroxyl groups is 3. The average Bonchev–Trinajstić information content (AvgIpc) is 3.37. The Hall–Kier alpha value is -2.81. The van der Waals surface area contributed by atoms with E-state index in [2.05, 4.69) is 6.92 Å². The predicted molar refractivity (Wildman–Crippen MR) is 160 cm³/mol. The molecule has 1 aromatic carbocycles. The monoisotopic (exact) mass is 594 g/mol. The number of fused-ring (bicyclic) bond motifs is 3. The lowest BCUT2D eigenvalue weighted by molar-refractivity contribution is -0.192. The van der Waals surface area contributed by atoms with Crippen LogP contribution in [0.5, 0.6) is 0 Å². The molecule has 8 atom stereocenters. The first kappa shape index (κ1) is 31.6. The summed E-state index contributed by atoms with van der Waals surface area (Å²) in [6, 6.07) is 8.33. The average molecular weight is 595 g/mol. The third kappa shape index (κ3) is 4.55. The minimum absolute atomic E-state index is 0.0829. The molecule has 0 amide bonds. The summed E-state index contributed by atoms with van der Waals surface area (Å²) in [4.78, 5) is 41.3. The van der Waals surface area contributed by atoms with E-state index in [1.54, 1.807) is 49.4 Å². The maximum atomic E-state index is 14.8. The van der Waals surface area contributed by atoms with Crippen molar-refractivity contribution in [3.05, 3.63) is 59.2 Å². The second-order valence-electron chi connectivity index (χ2n) is 13.8. The Labute approximate surface area is 254 Å². The molecule has 0 heterocycles. The van der Waals surface area contributed by atoms with Gasteiger partial charge in [-0.3, -0.25) is 9.59 Å². The number of hydrogen-bond donors (Lipinski definition) is 3. The Morgan fingerprint density at radius 2 is 1.74 bits per heavy atom. The lowest BCUT2D eigenvalue weighted by Gasteiger charge is -2.49. The molecular weight excluding hydrogens is 548 g/mol. The topological polar surface area (TPSA) is 130 Å². The van der Waals surface area contributed by atoms with Gasteiger partial charge in [0.2, 0.25) is 0 Å². The summed E-state index contributed by atoms with van der Waals surface area (Å²) in [7, 11) is 0. The van der Waals surface area contributed by atoms with E-state index in [0.29, 0.717) is 12.0 Å². The zero-order valence-electron chi connectivity index (χ0n) is 26.0. The first-order chi connectivity index (χ1) is 20.3. The van der Waals surface area contributed by atoms with E-state index in [9.17, 15) is 29.7 Å². The Bertz CT molecular complexity index is 1330. The van der Waals surface area contributed by atoms with Crippen molar-refractivity contribution in [1.82, 2.24) is 0 Å². The van der Waals surface area contributed by atoms with Crippen molar-refractivity contribution >= 4 is 17.7 Å². The molecule has 2 bridgehead atoms. The molecule has 43 heavy (non-hydrogen) atoms. The molecule has 4 aliphatic rings. The van der Waals surface area contributed by atoms with E-state index in [0.717, 1.165) is 32.1 Å². The summed E-state index contributed by atoms with van der Waals surface area (Å²) in [6.07, 6.45) is 5.76. The highest BCUT2D eigenvalue weighted by atomic mass is 16.6. The molecular formula is C35H46O8. The van der Waals surface area contributed by atoms with Crippen LogP contribution in [0.1, 0.15) is 89.9 Å². The van der Waals surface area contributed by atoms with E-state index in [1.165, 1.54) is 0 Å². The van der Waals surface area contributed by atoms with Gasteiger partial charge in [0.1, 0.15) is 11.7 Å². The van der Waals surface area contributed by atoms with Crippen molar-refractivity contribution in [3.63, 3.8) is 0 Å². The number of ether oxygens (including phenoxy) is 2. The van der Waals surface area contributed by atoms with Crippen LogP contribution < -0.4 is 0 Å². The number of benzene rings is 1. The molecule has 3 N–H and O–H groups in total. The largest absolute Gasteiger partial charge is 0.458 e. The molecule has 1 spiro atoms. The van der Waals surface area contributed by atoms with E-state index >= 15 is 0 Å².